The fourth-order valence-corrected chi connectivity index (χ4v) is 3.93. The van der Waals surface area contributed by atoms with E-state index in [1.54, 1.807) is 0 Å². The normalized spacial score (nSPS) is 20.8. The maximum Gasteiger partial charge on any atom is 0.254 e. The van der Waals surface area contributed by atoms with Gasteiger partial charge < -0.3 is 9.64 Å². The van der Waals surface area contributed by atoms with Gasteiger partial charge in [-0.05, 0) is 30.0 Å². The van der Waals surface area contributed by atoms with Crippen LogP contribution in [0.1, 0.15) is 21.5 Å². The molecule has 136 valence electrons. The lowest BCUT2D eigenvalue weighted by atomic mass is 9.99. The number of hydrogen-bond acceptors (Lipinski definition) is 3. The molecule has 2 aliphatic rings. The third kappa shape index (κ3) is 3.97. The SMILES string of the molecule is O=C1c2ccccc2CCN1CCN1CCOC(Cc2ccccc2)C1. The minimum Gasteiger partial charge on any atom is -0.375 e. The van der Waals surface area contributed by atoms with Crippen LogP contribution in [0.5, 0.6) is 0 Å². The highest BCUT2D eigenvalue weighted by molar-refractivity contribution is 5.96. The fourth-order valence-electron chi connectivity index (χ4n) is 3.93. The zero-order chi connectivity index (χ0) is 17.8. The van der Waals surface area contributed by atoms with E-state index in [0.717, 1.165) is 57.7 Å². The molecule has 0 N–H and O–H groups in total. The molecule has 1 unspecified atom stereocenters. The van der Waals surface area contributed by atoms with Crippen LogP contribution in [-0.2, 0) is 17.6 Å². The molecule has 2 aromatic carbocycles. The van der Waals surface area contributed by atoms with Gasteiger partial charge in [-0.25, -0.2) is 0 Å². The molecule has 4 nitrogen and oxygen atoms in total. The van der Waals surface area contributed by atoms with Crippen molar-refractivity contribution in [1.82, 2.24) is 9.80 Å². The molecule has 2 aliphatic heterocycles. The first kappa shape index (κ1) is 17.3. The molecule has 4 rings (SSSR count). The molecule has 0 radical (unpaired) electrons. The predicted octanol–water partition coefficient (Wildman–Crippen LogP) is 2.63. The first-order valence-electron chi connectivity index (χ1n) is 9.54. The summed E-state index contributed by atoms with van der Waals surface area (Å²) in [7, 11) is 0. The van der Waals surface area contributed by atoms with E-state index in [1.807, 2.05) is 29.2 Å². The van der Waals surface area contributed by atoms with Crippen molar-refractivity contribution in [1.29, 1.82) is 0 Å². The largest absolute Gasteiger partial charge is 0.375 e. The molecule has 1 atom stereocenters. The fraction of sp³-hybridized carbons (Fsp3) is 0.409. The van der Waals surface area contributed by atoms with E-state index in [0.29, 0.717) is 0 Å². The number of amides is 1. The van der Waals surface area contributed by atoms with Crippen LogP contribution in [0.4, 0.5) is 0 Å². The number of hydrogen-bond donors (Lipinski definition) is 0. The summed E-state index contributed by atoms with van der Waals surface area (Å²) in [5.74, 6) is 0.181. The van der Waals surface area contributed by atoms with Crippen molar-refractivity contribution >= 4 is 5.91 Å². The molecular weight excluding hydrogens is 324 g/mol. The Bertz CT molecular complexity index is 747. The molecule has 0 aromatic heterocycles. The zero-order valence-corrected chi connectivity index (χ0v) is 15.1. The van der Waals surface area contributed by atoms with Crippen LogP contribution in [0.15, 0.2) is 54.6 Å². The molecule has 2 aromatic rings. The van der Waals surface area contributed by atoms with Crippen molar-refractivity contribution in [2.24, 2.45) is 0 Å². The summed E-state index contributed by atoms with van der Waals surface area (Å²) >= 11 is 0. The summed E-state index contributed by atoms with van der Waals surface area (Å²) < 4.78 is 5.95. The van der Waals surface area contributed by atoms with Gasteiger partial charge in [0.15, 0.2) is 0 Å². The highest BCUT2D eigenvalue weighted by atomic mass is 16.5. The summed E-state index contributed by atoms with van der Waals surface area (Å²) in [6, 6.07) is 18.5. The second kappa shape index (κ2) is 8.02. The first-order valence-corrected chi connectivity index (χ1v) is 9.54. The molecule has 1 amide bonds. The Hall–Kier alpha value is -2.17. The Morgan fingerprint density at radius 1 is 0.962 bits per heavy atom. The lowest BCUT2D eigenvalue weighted by Gasteiger charge is -2.35. The van der Waals surface area contributed by atoms with Gasteiger partial charge in [0.05, 0.1) is 12.7 Å². The van der Waals surface area contributed by atoms with Gasteiger partial charge in [-0.1, -0.05) is 48.5 Å². The molecule has 0 saturated carbocycles. The maximum atomic E-state index is 12.7. The van der Waals surface area contributed by atoms with E-state index in [-0.39, 0.29) is 12.0 Å². The quantitative estimate of drug-likeness (QED) is 0.831. The predicted molar refractivity (Wildman–Crippen MR) is 102 cm³/mol. The van der Waals surface area contributed by atoms with Crippen LogP contribution in [0.2, 0.25) is 0 Å². The molecule has 1 fully saturated rings. The Labute approximate surface area is 155 Å². The van der Waals surface area contributed by atoms with Gasteiger partial charge in [-0.2, -0.15) is 0 Å². The zero-order valence-electron chi connectivity index (χ0n) is 15.1. The maximum absolute atomic E-state index is 12.7. The smallest absolute Gasteiger partial charge is 0.254 e. The van der Waals surface area contributed by atoms with E-state index in [2.05, 4.69) is 35.2 Å². The molecule has 26 heavy (non-hydrogen) atoms. The van der Waals surface area contributed by atoms with E-state index >= 15 is 0 Å². The average molecular weight is 350 g/mol. The summed E-state index contributed by atoms with van der Waals surface area (Å²) in [6.45, 7) is 5.20. The van der Waals surface area contributed by atoms with Gasteiger partial charge in [-0.3, -0.25) is 9.69 Å². The summed E-state index contributed by atoms with van der Waals surface area (Å²) in [4.78, 5) is 17.1. The van der Waals surface area contributed by atoms with Gasteiger partial charge >= 0.3 is 0 Å². The monoisotopic (exact) mass is 350 g/mol. The average Bonchev–Trinajstić information content (AvgIpc) is 2.69. The molecule has 4 heteroatoms. The van der Waals surface area contributed by atoms with Crippen molar-refractivity contribution in [3.05, 3.63) is 71.3 Å². The number of carbonyl (C=O) groups excluding carboxylic acids is 1. The van der Waals surface area contributed by atoms with Crippen LogP contribution in [-0.4, -0.2) is 61.1 Å². The Morgan fingerprint density at radius 2 is 1.77 bits per heavy atom. The number of rotatable bonds is 5. The van der Waals surface area contributed by atoms with Crippen LogP contribution < -0.4 is 0 Å². The van der Waals surface area contributed by atoms with Gasteiger partial charge in [-0.15, -0.1) is 0 Å². The van der Waals surface area contributed by atoms with Crippen LogP contribution >= 0.6 is 0 Å². The standard InChI is InChI=1S/C22H26N2O2/c25-22-21-9-5-4-8-19(21)10-11-24(22)13-12-23-14-15-26-20(17-23)16-18-6-2-1-3-7-18/h1-9,20H,10-17H2. The van der Waals surface area contributed by atoms with Gasteiger partial charge in [0.25, 0.3) is 5.91 Å². The Balaban J connectivity index is 1.30. The second-order valence-electron chi connectivity index (χ2n) is 7.18. The van der Waals surface area contributed by atoms with Crippen molar-refractivity contribution < 1.29 is 9.53 Å². The van der Waals surface area contributed by atoms with Crippen molar-refractivity contribution in [3.63, 3.8) is 0 Å². The topological polar surface area (TPSA) is 32.8 Å². The minimum absolute atomic E-state index is 0.181. The van der Waals surface area contributed by atoms with E-state index in [9.17, 15) is 4.79 Å². The number of ether oxygens (including phenoxy) is 1. The van der Waals surface area contributed by atoms with Gasteiger partial charge in [0.1, 0.15) is 0 Å². The number of benzene rings is 2. The summed E-state index contributed by atoms with van der Waals surface area (Å²) in [5, 5.41) is 0. The number of carbonyl (C=O) groups is 1. The second-order valence-corrected chi connectivity index (χ2v) is 7.18. The van der Waals surface area contributed by atoms with Gasteiger partial charge in [0.2, 0.25) is 0 Å². The summed E-state index contributed by atoms with van der Waals surface area (Å²) in [5.41, 5.74) is 3.38. The summed E-state index contributed by atoms with van der Waals surface area (Å²) in [6.07, 6.45) is 2.15. The van der Waals surface area contributed by atoms with Crippen molar-refractivity contribution in [2.45, 2.75) is 18.9 Å². The minimum atomic E-state index is 0.181. The molecule has 1 saturated heterocycles. The van der Waals surface area contributed by atoms with E-state index < -0.39 is 0 Å². The van der Waals surface area contributed by atoms with Crippen molar-refractivity contribution in [3.8, 4) is 0 Å². The van der Waals surface area contributed by atoms with Crippen molar-refractivity contribution in [2.75, 3.05) is 39.3 Å². The van der Waals surface area contributed by atoms with Crippen LogP contribution in [0, 0.1) is 0 Å². The number of morpholine rings is 1. The Morgan fingerprint density at radius 3 is 2.65 bits per heavy atom. The first-order chi connectivity index (χ1) is 12.8. The van der Waals surface area contributed by atoms with Gasteiger partial charge in [0, 0.05) is 38.3 Å². The lowest BCUT2D eigenvalue weighted by Crippen LogP contribution is -2.48. The number of nitrogens with zero attached hydrogens (tertiary/aromatic N) is 2. The molecule has 0 spiro atoms. The lowest BCUT2D eigenvalue weighted by molar-refractivity contribution is -0.0292. The number of fused-ring (bicyclic) bond motifs is 1. The molecule has 0 aliphatic carbocycles. The molecule has 2 heterocycles. The van der Waals surface area contributed by atoms with Crippen LogP contribution in [0.25, 0.3) is 0 Å². The van der Waals surface area contributed by atoms with E-state index in [1.165, 1.54) is 11.1 Å². The van der Waals surface area contributed by atoms with Crippen LogP contribution in [0.3, 0.4) is 0 Å². The Kier molecular flexibility index (Phi) is 5.32. The third-order valence-corrected chi connectivity index (χ3v) is 5.40. The van der Waals surface area contributed by atoms with E-state index in [4.69, 9.17) is 4.74 Å². The highest BCUT2D eigenvalue weighted by Gasteiger charge is 2.25. The molecular formula is C22H26N2O2. The highest BCUT2D eigenvalue weighted by Crippen LogP contribution is 2.19. The third-order valence-electron chi connectivity index (χ3n) is 5.40. The molecule has 0 bridgehead atoms.